The number of halogens is 1. The zero-order valence-corrected chi connectivity index (χ0v) is 6.92. The highest BCUT2D eigenvalue weighted by Crippen LogP contribution is 2.29. The molecular weight excluding hydrogens is 157 g/mol. The molecule has 0 spiro atoms. The molecule has 12 heavy (non-hydrogen) atoms. The summed E-state index contributed by atoms with van der Waals surface area (Å²) in [6.45, 7) is 1.61. The average molecular weight is 169 g/mol. The minimum absolute atomic E-state index is 0.0185. The molecule has 1 atom stereocenters. The summed E-state index contributed by atoms with van der Waals surface area (Å²) in [6, 6.07) is 4.92. The summed E-state index contributed by atoms with van der Waals surface area (Å²) in [5.41, 5.74) is 6.22. The molecule has 1 aromatic rings. The van der Waals surface area contributed by atoms with Crippen LogP contribution in [0.4, 0.5) is 4.39 Å². The molecule has 0 aromatic heterocycles. The molecule has 0 bridgehead atoms. The molecule has 0 aliphatic rings. The number of hydrogen-bond acceptors (Lipinski definition) is 2. The van der Waals surface area contributed by atoms with Crippen LogP contribution in [0.2, 0.25) is 0 Å². The Morgan fingerprint density at radius 1 is 1.58 bits per heavy atom. The van der Waals surface area contributed by atoms with E-state index in [9.17, 15) is 9.50 Å². The monoisotopic (exact) mass is 169 g/mol. The summed E-state index contributed by atoms with van der Waals surface area (Å²) < 4.78 is 12.8. The van der Waals surface area contributed by atoms with Gasteiger partial charge in [-0.3, -0.25) is 0 Å². The maximum Gasteiger partial charge on any atom is 0.126 e. The lowest BCUT2D eigenvalue weighted by atomic mass is 10.1. The Morgan fingerprint density at radius 3 is 2.75 bits per heavy atom. The van der Waals surface area contributed by atoms with Crippen LogP contribution in [-0.2, 0) is 6.54 Å². The maximum absolute atomic E-state index is 12.8. The van der Waals surface area contributed by atoms with E-state index in [4.69, 9.17) is 5.73 Å². The van der Waals surface area contributed by atoms with E-state index in [0.717, 1.165) is 0 Å². The molecule has 2 nitrogen and oxygen atoms in total. The Kier molecular flexibility index (Phi) is 2.65. The predicted molar refractivity (Wildman–Crippen MR) is 45.5 cm³/mol. The second kappa shape index (κ2) is 3.54. The zero-order valence-electron chi connectivity index (χ0n) is 6.92. The van der Waals surface area contributed by atoms with Crippen LogP contribution in [0.5, 0.6) is 5.75 Å². The summed E-state index contributed by atoms with van der Waals surface area (Å²) in [7, 11) is 0. The molecule has 0 heterocycles. The van der Waals surface area contributed by atoms with Gasteiger partial charge in [-0.2, -0.15) is 0 Å². The van der Waals surface area contributed by atoms with Crippen molar-refractivity contribution in [2.24, 2.45) is 5.73 Å². The van der Waals surface area contributed by atoms with Gasteiger partial charge < -0.3 is 10.8 Å². The van der Waals surface area contributed by atoms with Crippen LogP contribution >= 0.6 is 0 Å². The van der Waals surface area contributed by atoms with E-state index in [2.05, 4.69) is 0 Å². The van der Waals surface area contributed by atoms with E-state index in [-0.39, 0.29) is 12.3 Å². The van der Waals surface area contributed by atoms with Gasteiger partial charge in [0.05, 0.1) is 0 Å². The van der Waals surface area contributed by atoms with Crippen LogP contribution in [0.3, 0.4) is 0 Å². The molecular formula is C9H12FNO. The van der Waals surface area contributed by atoms with Gasteiger partial charge in [-0.05, 0) is 6.92 Å². The summed E-state index contributed by atoms with van der Waals surface area (Å²) in [5.74, 6) is -0.0185. The van der Waals surface area contributed by atoms with Crippen LogP contribution in [0.15, 0.2) is 18.2 Å². The Bertz CT molecular complexity index is 273. The van der Waals surface area contributed by atoms with E-state index in [1.54, 1.807) is 18.2 Å². The lowest BCUT2D eigenvalue weighted by Gasteiger charge is -2.08. The summed E-state index contributed by atoms with van der Waals surface area (Å²) in [4.78, 5) is 0. The minimum Gasteiger partial charge on any atom is -0.507 e. The van der Waals surface area contributed by atoms with E-state index < -0.39 is 6.17 Å². The van der Waals surface area contributed by atoms with Crippen molar-refractivity contribution in [1.29, 1.82) is 0 Å². The van der Waals surface area contributed by atoms with Crippen LogP contribution in [0, 0.1) is 0 Å². The third kappa shape index (κ3) is 1.56. The largest absolute Gasteiger partial charge is 0.507 e. The number of benzene rings is 1. The fraction of sp³-hybridized carbons (Fsp3) is 0.333. The summed E-state index contributed by atoms with van der Waals surface area (Å²) in [5, 5.41) is 9.44. The SMILES string of the molecule is CC(F)c1cccc(CN)c1O. The summed E-state index contributed by atoms with van der Waals surface area (Å²) in [6.07, 6.45) is -1.16. The van der Waals surface area contributed by atoms with Crippen molar-refractivity contribution in [3.8, 4) is 5.75 Å². The number of hydrogen-bond donors (Lipinski definition) is 2. The van der Waals surface area contributed by atoms with E-state index in [0.29, 0.717) is 11.1 Å². The standard InChI is InChI=1S/C9H12FNO/c1-6(10)8-4-2-3-7(5-11)9(8)12/h2-4,6,12H,5,11H2,1H3. The normalized spacial score (nSPS) is 12.9. The topological polar surface area (TPSA) is 46.2 Å². The molecule has 1 rings (SSSR count). The Morgan fingerprint density at radius 2 is 2.25 bits per heavy atom. The Balaban J connectivity index is 3.14. The number of nitrogens with two attached hydrogens (primary N) is 1. The second-order valence-electron chi connectivity index (χ2n) is 2.68. The van der Waals surface area contributed by atoms with E-state index in [1.165, 1.54) is 6.92 Å². The number of aromatic hydroxyl groups is 1. The Hall–Kier alpha value is -1.09. The fourth-order valence-corrected chi connectivity index (χ4v) is 1.10. The number of alkyl halides is 1. The van der Waals surface area contributed by atoms with Crippen molar-refractivity contribution in [2.75, 3.05) is 0 Å². The molecule has 0 radical (unpaired) electrons. The van der Waals surface area contributed by atoms with Gasteiger partial charge in [0.1, 0.15) is 11.9 Å². The molecule has 0 aliphatic carbocycles. The number of para-hydroxylation sites is 1. The van der Waals surface area contributed by atoms with Gasteiger partial charge >= 0.3 is 0 Å². The van der Waals surface area contributed by atoms with Crippen molar-refractivity contribution in [3.63, 3.8) is 0 Å². The van der Waals surface area contributed by atoms with Crippen molar-refractivity contribution >= 4 is 0 Å². The van der Waals surface area contributed by atoms with Crippen molar-refractivity contribution in [3.05, 3.63) is 29.3 Å². The highest BCUT2D eigenvalue weighted by atomic mass is 19.1. The third-order valence-electron chi connectivity index (χ3n) is 1.80. The average Bonchev–Trinajstić information content (AvgIpc) is 2.04. The first-order chi connectivity index (χ1) is 5.66. The van der Waals surface area contributed by atoms with E-state index >= 15 is 0 Å². The van der Waals surface area contributed by atoms with Gasteiger partial charge in [0.25, 0.3) is 0 Å². The van der Waals surface area contributed by atoms with Crippen LogP contribution < -0.4 is 5.73 Å². The maximum atomic E-state index is 12.8. The first-order valence-corrected chi connectivity index (χ1v) is 3.81. The number of phenolic OH excluding ortho intramolecular Hbond substituents is 1. The highest BCUT2D eigenvalue weighted by molar-refractivity contribution is 5.41. The molecule has 0 saturated carbocycles. The first kappa shape index (κ1) is 9.00. The molecule has 0 amide bonds. The Labute approximate surface area is 70.8 Å². The van der Waals surface area contributed by atoms with Crippen molar-refractivity contribution < 1.29 is 9.50 Å². The van der Waals surface area contributed by atoms with Crippen molar-refractivity contribution in [2.45, 2.75) is 19.6 Å². The second-order valence-corrected chi connectivity index (χ2v) is 2.68. The van der Waals surface area contributed by atoms with E-state index in [1.807, 2.05) is 0 Å². The lowest BCUT2D eigenvalue weighted by Crippen LogP contribution is -1.98. The van der Waals surface area contributed by atoms with Crippen LogP contribution in [0.25, 0.3) is 0 Å². The van der Waals surface area contributed by atoms with Gasteiger partial charge in [0, 0.05) is 17.7 Å². The first-order valence-electron chi connectivity index (χ1n) is 3.81. The molecule has 0 aliphatic heterocycles. The third-order valence-corrected chi connectivity index (χ3v) is 1.80. The molecule has 66 valence electrons. The minimum atomic E-state index is -1.16. The van der Waals surface area contributed by atoms with Gasteiger partial charge in [-0.15, -0.1) is 0 Å². The molecule has 0 saturated heterocycles. The molecule has 0 fully saturated rings. The number of rotatable bonds is 2. The number of phenols is 1. The molecule has 1 aromatic carbocycles. The van der Waals surface area contributed by atoms with Gasteiger partial charge in [-0.1, -0.05) is 18.2 Å². The van der Waals surface area contributed by atoms with Gasteiger partial charge in [0.15, 0.2) is 0 Å². The fourth-order valence-electron chi connectivity index (χ4n) is 1.10. The van der Waals surface area contributed by atoms with Crippen molar-refractivity contribution in [1.82, 2.24) is 0 Å². The van der Waals surface area contributed by atoms with Crippen LogP contribution in [0.1, 0.15) is 24.2 Å². The predicted octanol–water partition coefficient (Wildman–Crippen LogP) is 1.88. The van der Waals surface area contributed by atoms with Crippen LogP contribution in [-0.4, -0.2) is 5.11 Å². The molecule has 1 unspecified atom stereocenters. The quantitative estimate of drug-likeness (QED) is 0.710. The molecule has 3 N–H and O–H groups in total. The lowest BCUT2D eigenvalue weighted by molar-refractivity contribution is 0.355. The summed E-state index contributed by atoms with van der Waals surface area (Å²) >= 11 is 0. The van der Waals surface area contributed by atoms with Gasteiger partial charge in [-0.25, -0.2) is 4.39 Å². The smallest absolute Gasteiger partial charge is 0.126 e. The zero-order chi connectivity index (χ0) is 9.14. The van der Waals surface area contributed by atoms with Gasteiger partial charge in [0.2, 0.25) is 0 Å². The highest BCUT2D eigenvalue weighted by Gasteiger charge is 2.10. The molecule has 3 heteroatoms.